The summed E-state index contributed by atoms with van der Waals surface area (Å²) in [6.07, 6.45) is 0. The molecule has 0 unspecified atom stereocenters. The van der Waals surface area contributed by atoms with E-state index in [-0.39, 0.29) is 18.7 Å². The molecule has 80 valence electrons. The SMILES string of the molecule is O=C(O)c1ccc(N2CC(F)(F)C2)cc1. The number of halogens is 2. The van der Waals surface area contributed by atoms with E-state index in [4.69, 9.17) is 5.11 Å². The minimum atomic E-state index is -2.61. The van der Waals surface area contributed by atoms with Crippen LogP contribution in [0.15, 0.2) is 24.3 Å². The highest BCUT2D eigenvalue weighted by Crippen LogP contribution is 2.31. The zero-order valence-electron chi connectivity index (χ0n) is 7.78. The molecule has 0 saturated carbocycles. The molecule has 0 bridgehead atoms. The lowest BCUT2D eigenvalue weighted by atomic mass is 10.1. The number of hydrogen-bond acceptors (Lipinski definition) is 2. The van der Waals surface area contributed by atoms with Crippen molar-refractivity contribution in [3.8, 4) is 0 Å². The Bertz CT molecular complexity index is 381. The van der Waals surface area contributed by atoms with Crippen molar-refractivity contribution in [2.45, 2.75) is 5.92 Å². The number of alkyl halides is 2. The Hall–Kier alpha value is -1.65. The van der Waals surface area contributed by atoms with Gasteiger partial charge in [0.25, 0.3) is 5.92 Å². The topological polar surface area (TPSA) is 40.5 Å². The van der Waals surface area contributed by atoms with E-state index in [1.165, 1.54) is 17.0 Å². The first-order chi connectivity index (χ1) is 6.98. The zero-order valence-corrected chi connectivity index (χ0v) is 7.78. The van der Waals surface area contributed by atoms with E-state index < -0.39 is 11.9 Å². The monoisotopic (exact) mass is 213 g/mol. The molecule has 1 aromatic carbocycles. The predicted octanol–water partition coefficient (Wildman–Crippen LogP) is 1.84. The summed E-state index contributed by atoms with van der Waals surface area (Å²) in [7, 11) is 0. The summed E-state index contributed by atoms with van der Waals surface area (Å²) in [5.41, 5.74) is 0.789. The lowest BCUT2D eigenvalue weighted by molar-refractivity contribution is -0.0262. The first kappa shape index (κ1) is 9.89. The second-order valence-corrected chi connectivity index (χ2v) is 3.56. The van der Waals surface area contributed by atoms with E-state index in [9.17, 15) is 13.6 Å². The van der Waals surface area contributed by atoms with Crippen LogP contribution in [0.25, 0.3) is 0 Å². The molecule has 0 amide bonds. The van der Waals surface area contributed by atoms with Crippen molar-refractivity contribution in [1.29, 1.82) is 0 Å². The van der Waals surface area contributed by atoms with Gasteiger partial charge in [0.05, 0.1) is 18.7 Å². The summed E-state index contributed by atoms with van der Waals surface area (Å²) in [5, 5.41) is 8.63. The molecule has 1 aromatic rings. The molecule has 1 aliphatic rings. The fourth-order valence-corrected chi connectivity index (χ4v) is 1.51. The largest absolute Gasteiger partial charge is 0.478 e. The molecule has 1 N–H and O–H groups in total. The fraction of sp³-hybridized carbons (Fsp3) is 0.300. The van der Waals surface area contributed by atoms with Gasteiger partial charge >= 0.3 is 5.97 Å². The van der Waals surface area contributed by atoms with Crippen LogP contribution in [0.5, 0.6) is 0 Å². The summed E-state index contributed by atoms with van der Waals surface area (Å²) in [4.78, 5) is 12.0. The van der Waals surface area contributed by atoms with Crippen molar-refractivity contribution in [3.63, 3.8) is 0 Å². The lowest BCUT2D eigenvalue weighted by Gasteiger charge is -2.40. The van der Waals surface area contributed by atoms with Gasteiger partial charge in [-0.25, -0.2) is 13.6 Å². The molecule has 5 heteroatoms. The van der Waals surface area contributed by atoms with Crippen LogP contribution in [0.3, 0.4) is 0 Å². The molecular weight excluding hydrogens is 204 g/mol. The lowest BCUT2D eigenvalue weighted by Crippen LogP contribution is -2.56. The van der Waals surface area contributed by atoms with Gasteiger partial charge in [0.15, 0.2) is 0 Å². The quantitative estimate of drug-likeness (QED) is 0.814. The number of rotatable bonds is 2. The van der Waals surface area contributed by atoms with E-state index in [1.54, 1.807) is 12.1 Å². The van der Waals surface area contributed by atoms with Crippen molar-refractivity contribution < 1.29 is 18.7 Å². The summed E-state index contributed by atoms with van der Waals surface area (Å²) in [6.45, 7) is -0.584. The standard InChI is InChI=1S/C10H9F2NO2/c11-10(12)5-13(6-10)8-3-1-7(2-4-8)9(14)15/h1-4H,5-6H2,(H,14,15). The fourth-order valence-electron chi connectivity index (χ4n) is 1.51. The molecule has 1 fully saturated rings. The molecule has 1 heterocycles. The van der Waals surface area contributed by atoms with E-state index in [2.05, 4.69) is 0 Å². The average Bonchev–Trinajstić information content (AvgIpc) is 2.14. The number of aromatic carboxylic acids is 1. The van der Waals surface area contributed by atoms with Crippen LogP contribution in [0.4, 0.5) is 14.5 Å². The van der Waals surface area contributed by atoms with Crippen molar-refractivity contribution >= 4 is 11.7 Å². The number of carbonyl (C=O) groups is 1. The molecule has 1 aliphatic heterocycles. The van der Waals surface area contributed by atoms with Gasteiger partial charge in [-0.2, -0.15) is 0 Å². The van der Waals surface area contributed by atoms with Crippen molar-refractivity contribution in [2.24, 2.45) is 0 Å². The Balaban J connectivity index is 2.09. The van der Waals surface area contributed by atoms with Gasteiger partial charge in [-0.3, -0.25) is 0 Å². The van der Waals surface area contributed by atoms with Gasteiger partial charge in [-0.05, 0) is 24.3 Å². The van der Waals surface area contributed by atoms with Gasteiger partial charge in [0.1, 0.15) is 0 Å². The molecule has 1 saturated heterocycles. The maximum absolute atomic E-state index is 12.5. The molecule has 0 radical (unpaired) electrons. The third-order valence-corrected chi connectivity index (χ3v) is 2.32. The van der Waals surface area contributed by atoms with Crippen molar-refractivity contribution in [1.82, 2.24) is 0 Å². The van der Waals surface area contributed by atoms with Crippen LogP contribution in [0, 0.1) is 0 Å². The molecule has 2 rings (SSSR count). The Morgan fingerprint density at radius 2 is 1.80 bits per heavy atom. The van der Waals surface area contributed by atoms with Crippen LogP contribution in [-0.4, -0.2) is 30.1 Å². The molecule has 15 heavy (non-hydrogen) atoms. The van der Waals surface area contributed by atoms with Gasteiger partial charge in [0.2, 0.25) is 0 Å². The zero-order chi connectivity index (χ0) is 11.1. The minimum Gasteiger partial charge on any atom is -0.478 e. The maximum Gasteiger partial charge on any atom is 0.335 e. The smallest absolute Gasteiger partial charge is 0.335 e. The highest BCUT2D eigenvalue weighted by molar-refractivity contribution is 5.88. The summed E-state index contributed by atoms with van der Waals surface area (Å²) >= 11 is 0. The number of carboxylic acid groups (broad SMARTS) is 1. The van der Waals surface area contributed by atoms with E-state index in [0.717, 1.165) is 0 Å². The van der Waals surface area contributed by atoms with Gasteiger partial charge in [0, 0.05) is 5.69 Å². The van der Waals surface area contributed by atoms with Crippen molar-refractivity contribution in [2.75, 3.05) is 18.0 Å². The summed E-state index contributed by atoms with van der Waals surface area (Å²) in [5.74, 6) is -3.62. The summed E-state index contributed by atoms with van der Waals surface area (Å²) in [6, 6.07) is 5.90. The first-order valence-corrected chi connectivity index (χ1v) is 4.44. The molecule has 3 nitrogen and oxygen atoms in total. The molecule has 0 aromatic heterocycles. The van der Waals surface area contributed by atoms with Crippen LogP contribution in [0.1, 0.15) is 10.4 Å². The maximum atomic E-state index is 12.5. The third kappa shape index (κ3) is 1.91. The van der Waals surface area contributed by atoms with Crippen LogP contribution in [0.2, 0.25) is 0 Å². The normalized spacial score (nSPS) is 18.4. The van der Waals surface area contributed by atoms with Crippen LogP contribution in [-0.2, 0) is 0 Å². The Morgan fingerprint density at radius 1 is 1.27 bits per heavy atom. The second kappa shape index (κ2) is 3.18. The van der Waals surface area contributed by atoms with Crippen LogP contribution < -0.4 is 4.90 Å². The van der Waals surface area contributed by atoms with Gasteiger partial charge in [-0.15, -0.1) is 0 Å². The molecule has 0 spiro atoms. The minimum absolute atomic E-state index is 0.158. The second-order valence-electron chi connectivity index (χ2n) is 3.56. The average molecular weight is 213 g/mol. The van der Waals surface area contributed by atoms with Gasteiger partial charge in [-0.1, -0.05) is 0 Å². The Kier molecular flexibility index (Phi) is 2.10. The molecule has 0 aliphatic carbocycles. The molecular formula is C10H9F2NO2. The number of benzene rings is 1. The number of anilines is 1. The van der Waals surface area contributed by atoms with Gasteiger partial charge < -0.3 is 10.0 Å². The highest BCUT2D eigenvalue weighted by Gasteiger charge is 2.43. The Morgan fingerprint density at radius 3 is 2.20 bits per heavy atom. The van der Waals surface area contributed by atoms with E-state index >= 15 is 0 Å². The highest BCUT2D eigenvalue weighted by atomic mass is 19.3. The van der Waals surface area contributed by atoms with Crippen LogP contribution >= 0.6 is 0 Å². The predicted molar refractivity (Wildman–Crippen MR) is 50.6 cm³/mol. The van der Waals surface area contributed by atoms with Crippen molar-refractivity contribution in [3.05, 3.63) is 29.8 Å². The first-order valence-electron chi connectivity index (χ1n) is 4.44. The number of hydrogen-bond donors (Lipinski definition) is 1. The van der Waals surface area contributed by atoms with E-state index in [0.29, 0.717) is 5.69 Å². The summed E-state index contributed by atoms with van der Waals surface area (Å²) < 4.78 is 25.1. The number of nitrogens with zero attached hydrogens (tertiary/aromatic N) is 1. The Labute approximate surface area is 84.9 Å². The van der Waals surface area contributed by atoms with E-state index in [1.807, 2.05) is 0 Å². The molecule has 0 atom stereocenters. The third-order valence-electron chi connectivity index (χ3n) is 2.32. The number of carboxylic acids is 1.